The first-order chi connectivity index (χ1) is 9.49. The SMILES string of the molecule is OC1CN(C(=S)Nc2ccccc2)CC(C(F)F)[C@H]1O. The van der Waals surface area contributed by atoms with Crippen LogP contribution in [0.3, 0.4) is 0 Å². The molecule has 1 aliphatic rings. The third-order valence-corrected chi connectivity index (χ3v) is 3.67. The summed E-state index contributed by atoms with van der Waals surface area (Å²) in [6.07, 6.45) is -5.37. The molecule has 0 bridgehead atoms. The molecule has 0 radical (unpaired) electrons. The van der Waals surface area contributed by atoms with E-state index in [0.29, 0.717) is 0 Å². The number of halogens is 2. The van der Waals surface area contributed by atoms with Gasteiger partial charge in [-0.05, 0) is 24.4 Å². The van der Waals surface area contributed by atoms with E-state index in [1.165, 1.54) is 4.90 Å². The van der Waals surface area contributed by atoms with Gasteiger partial charge in [0.25, 0.3) is 0 Å². The lowest BCUT2D eigenvalue weighted by atomic mass is 9.93. The van der Waals surface area contributed by atoms with E-state index in [0.717, 1.165) is 5.69 Å². The number of alkyl halides is 2. The summed E-state index contributed by atoms with van der Waals surface area (Å²) < 4.78 is 25.7. The highest BCUT2D eigenvalue weighted by atomic mass is 32.1. The molecule has 20 heavy (non-hydrogen) atoms. The van der Waals surface area contributed by atoms with Crippen molar-refractivity contribution in [1.29, 1.82) is 0 Å². The molecular formula is C13H16F2N2O2S. The van der Waals surface area contributed by atoms with Gasteiger partial charge in [-0.1, -0.05) is 18.2 Å². The second-order valence-electron chi connectivity index (χ2n) is 4.76. The summed E-state index contributed by atoms with van der Waals surface area (Å²) in [5, 5.41) is 22.4. The van der Waals surface area contributed by atoms with Gasteiger partial charge in [0.15, 0.2) is 5.11 Å². The van der Waals surface area contributed by atoms with Crippen LogP contribution < -0.4 is 5.32 Å². The van der Waals surface area contributed by atoms with Crippen molar-refractivity contribution in [2.75, 3.05) is 18.4 Å². The smallest absolute Gasteiger partial charge is 0.245 e. The molecule has 0 aliphatic carbocycles. The molecule has 110 valence electrons. The molecule has 1 aliphatic heterocycles. The molecule has 1 heterocycles. The van der Waals surface area contributed by atoms with Gasteiger partial charge in [0, 0.05) is 18.8 Å². The molecule has 0 spiro atoms. The Labute approximate surface area is 121 Å². The number of hydrogen-bond donors (Lipinski definition) is 3. The van der Waals surface area contributed by atoms with E-state index >= 15 is 0 Å². The third-order valence-electron chi connectivity index (χ3n) is 3.31. The predicted octanol–water partition coefficient (Wildman–Crippen LogP) is 1.30. The number of para-hydroxylation sites is 1. The molecule has 1 aromatic rings. The molecule has 2 unspecified atom stereocenters. The highest BCUT2D eigenvalue weighted by Gasteiger charge is 2.40. The summed E-state index contributed by atoms with van der Waals surface area (Å²) in [5.41, 5.74) is 0.742. The molecule has 0 aromatic heterocycles. The van der Waals surface area contributed by atoms with Crippen LogP contribution in [-0.2, 0) is 0 Å². The molecule has 4 nitrogen and oxygen atoms in total. The Morgan fingerprint density at radius 3 is 2.50 bits per heavy atom. The average Bonchev–Trinajstić information content (AvgIpc) is 2.42. The number of rotatable bonds is 2. The first kappa shape index (κ1) is 15.1. The van der Waals surface area contributed by atoms with E-state index in [2.05, 4.69) is 5.32 Å². The first-order valence-electron chi connectivity index (χ1n) is 6.24. The zero-order valence-electron chi connectivity index (χ0n) is 10.6. The Hall–Kier alpha value is -1.31. The highest BCUT2D eigenvalue weighted by Crippen LogP contribution is 2.24. The predicted molar refractivity (Wildman–Crippen MR) is 75.7 cm³/mol. The number of nitrogens with zero attached hydrogens (tertiary/aromatic N) is 1. The summed E-state index contributed by atoms with van der Waals surface area (Å²) in [6, 6.07) is 9.09. The number of thiocarbonyl (C=S) groups is 1. The van der Waals surface area contributed by atoms with Crippen molar-refractivity contribution in [1.82, 2.24) is 4.90 Å². The van der Waals surface area contributed by atoms with Gasteiger partial charge in [-0.15, -0.1) is 0 Å². The van der Waals surface area contributed by atoms with Gasteiger partial charge in [0.1, 0.15) is 0 Å². The Bertz CT molecular complexity index is 461. The number of hydrogen-bond acceptors (Lipinski definition) is 3. The Balaban J connectivity index is 2.03. The second kappa shape index (κ2) is 6.43. The Kier molecular flexibility index (Phi) is 4.85. The van der Waals surface area contributed by atoms with Crippen LogP contribution in [0.25, 0.3) is 0 Å². The number of anilines is 1. The van der Waals surface area contributed by atoms with Gasteiger partial charge in [0.05, 0.1) is 18.1 Å². The number of aliphatic hydroxyl groups is 2. The quantitative estimate of drug-likeness (QED) is 0.719. The molecule has 0 saturated carbocycles. The molecule has 0 amide bonds. The van der Waals surface area contributed by atoms with E-state index in [1.807, 2.05) is 18.2 Å². The lowest BCUT2D eigenvalue weighted by Gasteiger charge is -2.40. The van der Waals surface area contributed by atoms with Crippen LogP contribution in [-0.4, -0.2) is 51.9 Å². The highest BCUT2D eigenvalue weighted by molar-refractivity contribution is 7.80. The zero-order chi connectivity index (χ0) is 14.7. The normalized spacial score (nSPS) is 26.6. The fourth-order valence-corrected chi connectivity index (χ4v) is 2.44. The van der Waals surface area contributed by atoms with Crippen LogP contribution in [0.5, 0.6) is 0 Å². The van der Waals surface area contributed by atoms with E-state index < -0.39 is 24.6 Å². The maximum atomic E-state index is 12.8. The molecule has 1 aromatic carbocycles. The van der Waals surface area contributed by atoms with Crippen LogP contribution in [0, 0.1) is 5.92 Å². The van der Waals surface area contributed by atoms with E-state index in [4.69, 9.17) is 12.2 Å². The van der Waals surface area contributed by atoms with Crippen LogP contribution >= 0.6 is 12.2 Å². The summed E-state index contributed by atoms with van der Waals surface area (Å²) in [6.45, 7) is -0.0579. The van der Waals surface area contributed by atoms with Gasteiger partial charge in [-0.3, -0.25) is 0 Å². The fraction of sp³-hybridized carbons (Fsp3) is 0.462. The van der Waals surface area contributed by atoms with Crippen molar-refractivity contribution in [3.63, 3.8) is 0 Å². The third kappa shape index (κ3) is 3.41. The first-order valence-corrected chi connectivity index (χ1v) is 6.65. The van der Waals surface area contributed by atoms with Crippen LogP contribution in [0.2, 0.25) is 0 Å². The van der Waals surface area contributed by atoms with E-state index in [1.54, 1.807) is 12.1 Å². The van der Waals surface area contributed by atoms with Gasteiger partial charge in [-0.25, -0.2) is 8.78 Å². The lowest BCUT2D eigenvalue weighted by Crippen LogP contribution is -2.56. The summed E-state index contributed by atoms with van der Waals surface area (Å²) in [4.78, 5) is 1.45. The molecule has 7 heteroatoms. The standard InChI is InChI=1S/C13H16F2N2O2S/c14-12(15)9-6-17(7-10(18)11(9)19)13(20)16-8-4-2-1-3-5-8/h1-5,9-12,18-19H,6-7H2,(H,16,20)/t9?,10?,11-/m1/s1. The number of β-amino-alcohol motifs (C(OH)–C–C–N with tert-alkyl or cyclic N) is 1. The van der Waals surface area contributed by atoms with Crippen molar-refractivity contribution in [3.05, 3.63) is 30.3 Å². The molecule has 1 fully saturated rings. The molecule has 1 saturated heterocycles. The van der Waals surface area contributed by atoms with Gasteiger partial charge < -0.3 is 20.4 Å². The fourth-order valence-electron chi connectivity index (χ4n) is 2.17. The van der Waals surface area contributed by atoms with E-state index in [9.17, 15) is 19.0 Å². The van der Waals surface area contributed by atoms with Crippen molar-refractivity contribution >= 4 is 23.0 Å². The van der Waals surface area contributed by atoms with Crippen molar-refractivity contribution in [2.24, 2.45) is 5.92 Å². The molecule has 3 atom stereocenters. The second-order valence-corrected chi connectivity index (χ2v) is 5.14. The summed E-state index contributed by atoms with van der Waals surface area (Å²) in [5.74, 6) is -1.31. The minimum Gasteiger partial charge on any atom is -0.390 e. The molecule has 3 N–H and O–H groups in total. The monoisotopic (exact) mass is 302 g/mol. The molecule has 2 rings (SSSR count). The van der Waals surface area contributed by atoms with Crippen LogP contribution in [0.15, 0.2) is 30.3 Å². The number of benzene rings is 1. The van der Waals surface area contributed by atoms with Gasteiger partial charge in [0.2, 0.25) is 6.43 Å². The van der Waals surface area contributed by atoms with Crippen molar-refractivity contribution in [2.45, 2.75) is 18.6 Å². The number of piperidine rings is 1. The number of aliphatic hydroxyl groups excluding tert-OH is 2. The maximum Gasteiger partial charge on any atom is 0.245 e. The van der Waals surface area contributed by atoms with Crippen molar-refractivity contribution < 1.29 is 19.0 Å². The minimum absolute atomic E-state index is 0.0308. The van der Waals surface area contributed by atoms with E-state index in [-0.39, 0.29) is 18.2 Å². The Morgan fingerprint density at radius 1 is 1.25 bits per heavy atom. The topological polar surface area (TPSA) is 55.7 Å². The number of likely N-dealkylation sites (tertiary alicyclic amines) is 1. The van der Waals surface area contributed by atoms with Gasteiger partial charge >= 0.3 is 0 Å². The summed E-state index contributed by atoms with van der Waals surface area (Å²) >= 11 is 5.16. The van der Waals surface area contributed by atoms with Crippen LogP contribution in [0.1, 0.15) is 0 Å². The zero-order valence-corrected chi connectivity index (χ0v) is 11.4. The van der Waals surface area contributed by atoms with Gasteiger partial charge in [-0.2, -0.15) is 0 Å². The number of nitrogens with one attached hydrogen (secondary N) is 1. The average molecular weight is 302 g/mol. The Morgan fingerprint density at radius 2 is 1.90 bits per heavy atom. The van der Waals surface area contributed by atoms with Crippen LogP contribution in [0.4, 0.5) is 14.5 Å². The lowest BCUT2D eigenvalue weighted by molar-refractivity contribution is -0.103. The minimum atomic E-state index is -2.71. The molecular weight excluding hydrogens is 286 g/mol. The van der Waals surface area contributed by atoms with Crippen molar-refractivity contribution in [3.8, 4) is 0 Å². The maximum absolute atomic E-state index is 12.8. The largest absolute Gasteiger partial charge is 0.390 e. The summed E-state index contributed by atoms with van der Waals surface area (Å²) in [7, 11) is 0.